The fourth-order valence-electron chi connectivity index (χ4n) is 10.9. The van der Waals surface area contributed by atoms with Crippen molar-refractivity contribution in [3.63, 3.8) is 0 Å². The summed E-state index contributed by atoms with van der Waals surface area (Å²) < 4.78 is 0. The Kier molecular flexibility index (Phi) is 2.48. The molecule has 8 aliphatic rings. The van der Waals surface area contributed by atoms with Gasteiger partial charge in [-0.15, -0.1) is 0 Å². The Morgan fingerprint density at radius 2 is 1.65 bits per heavy atom. The van der Waals surface area contributed by atoms with Crippen LogP contribution in [-0.4, -0.2) is 21.8 Å². The van der Waals surface area contributed by atoms with Gasteiger partial charge < -0.3 is 10.2 Å². The maximum absolute atomic E-state index is 12.2. The number of allylic oxidation sites excluding steroid dienone is 2. The molecule has 8 rings (SSSR count). The summed E-state index contributed by atoms with van der Waals surface area (Å²) in [6.07, 6.45) is 15.2. The fourth-order valence-corrected chi connectivity index (χ4v) is 10.9. The second-order valence-corrected chi connectivity index (χ2v) is 11.7. The van der Waals surface area contributed by atoms with Gasteiger partial charge in [-0.05, 0) is 110 Å². The summed E-state index contributed by atoms with van der Waals surface area (Å²) in [5.41, 5.74) is 0.0223. The maximum Gasteiger partial charge on any atom is 0.306 e. The van der Waals surface area contributed by atoms with Gasteiger partial charge >= 0.3 is 5.97 Å². The summed E-state index contributed by atoms with van der Waals surface area (Å²) in [6.45, 7) is 0. The minimum atomic E-state index is -0.537. The Balaban J connectivity index is 1.39. The van der Waals surface area contributed by atoms with Crippen molar-refractivity contribution < 1.29 is 15.0 Å². The number of rotatable bonds is 2. The van der Waals surface area contributed by atoms with E-state index in [2.05, 4.69) is 12.2 Å². The molecule has 9 atom stereocenters. The van der Waals surface area contributed by atoms with Gasteiger partial charge in [-0.1, -0.05) is 12.2 Å². The van der Waals surface area contributed by atoms with Gasteiger partial charge in [0.05, 0.1) is 11.5 Å². The number of carboxylic acid groups (broad SMARTS) is 1. The average Bonchev–Trinajstić information content (AvgIpc) is 3.30. The molecule has 7 saturated carbocycles. The van der Waals surface area contributed by atoms with E-state index in [1.165, 1.54) is 25.7 Å². The molecule has 0 saturated heterocycles. The molecule has 9 unspecified atom stereocenters. The van der Waals surface area contributed by atoms with Crippen molar-refractivity contribution in [1.29, 1.82) is 0 Å². The van der Waals surface area contributed by atoms with Gasteiger partial charge in [0.15, 0.2) is 0 Å². The lowest BCUT2D eigenvalue weighted by molar-refractivity contribution is -0.218. The molecule has 0 aromatic heterocycles. The predicted molar refractivity (Wildman–Crippen MR) is 96.1 cm³/mol. The molecule has 8 aliphatic carbocycles. The quantitative estimate of drug-likeness (QED) is 0.585. The second kappa shape index (κ2) is 4.26. The first-order valence-electron chi connectivity index (χ1n) is 11.1. The van der Waals surface area contributed by atoms with E-state index in [1.54, 1.807) is 0 Å². The normalized spacial score (nSPS) is 65.9. The topological polar surface area (TPSA) is 57.5 Å². The van der Waals surface area contributed by atoms with Crippen molar-refractivity contribution in [2.45, 2.75) is 63.4 Å². The SMILES string of the molecule is O=C(O)C1CC2(C34CC5CC(CC(O)(C5)C3)C4)CC1C1C3C=CC(C3)C12. The second-order valence-electron chi connectivity index (χ2n) is 11.7. The average molecular weight is 354 g/mol. The van der Waals surface area contributed by atoms with Gasteiger partial charge in [-0.3, -0.25) is 4.79 Å². The zero-order valence-corrected chi connectivity index (χ0v) is 15.4. The fraction of sp³-hybridized carbons (Fsp3) is 0.870. The molecule has 0 heterocycles. The zero-order valence-electron chi connectivity index (χ0n) is 15.4. The Labute approximate surface area is 155 Å². The molecule has 0 spiro atoms. The number of fused-ring (bicyclic) bond motifs is 9. The van der Waals surface area contributed by atoms with Crippen molar-refractivity contribution in [1.82, 2.24) is 0 Å². The molecular weight excluding hydrogens is 324 g/mol. The summed E-state index contributed by atoms with van der Waals surface area (Å²) in [4.78, 5) is 12.2. The summed E-state index contributed by atoms with van der Waals surface area (Å²) in [5, 5.41) is 21.4. The number of carboxylic acids is 1. The van der Waals surface area contributed by atoms with Gasteiger partial charge in [0.2, 0.25) is 0 Å². The highest BCUT2D eigenvalue weighted by Crippen LogP contribution is 2.81. The largest absolute Gasteiger partial charge is 0.481 e. The molecule has 2 N–H and O–H groups in total. The molecular formula is C23H30O3. The zero-order chi connectivity index (χ0) is 17.5. The third-order valence-corrected chi connectivity index (χ3v) is 10.8. The molecule has 26 heavy (non-hydrogen) atoms. The summed E-state index contributed by atoms with van der Waals surface area (Å²) in [7, 11) is 0. The van der Waals surface area contributed by atoms with Crippen LogP contribution >= 0.6 is 0 Å². The van der Waals surface area contributed by atoms with Crippen molar-refractivity contribution in [3.05, 3.63) is 12.2 Å². The number of hydrogen-bond donors (Lipinski definition) is 2. The van der Waals surface area contributed by atoms with Crippen LogP contribution in [-0.2, 0) is 4.79 Å². The molecule has 0 amide bonds. The highest BCUT2D eigenvalue weighted by molar-refractivity contribution is 5.71. The van der Waals surface area contributed by atoms with Gasteiger partial charge in [-0.25, -0.2) is 0 Å². The van der Waals surface area contributed by atoms with Gasteiger partial charge in [-0.2, -0.15) is 0 Å². The number of aliphatic hydroxyl groups is 1. The van der Waals surface area contributed by atoms with Crippen LogP contribution in [0.25, 0.3) is 0 Å². The third kappa shape index (κ3) is 1.50. The standard InChI is InChI=1S/C23H30O3/c24-20(25)17-10-23(9-16(17)18-14-1-2-15(4-14)19(18)23)21-5-12-3-13(6-21)8-22(26,7-12)11-21/h1-2,12-19,26H,3-11H2,(H,24,25). The molecule has 0 aromatic rings. The van der Waals surface area contributed by atoms with Crippen molar-refractivity contribution in [2.24, 2.45) is 58.2 Å². The van der Waals surface area contributed by atoms with Crippen LogP contribution < -0.4 is 0 Å². The van der Waals surface area contributed by atoms with E-state index in [-0.39, 0.29) is 16.7 Å². The van der Waals surface area contributed by atoms with Crippen LogP contribution in [0.1, 0.15) is 57.8 Å². The summed E-state index contributed by atoms with van der Waals surface area (Å²) in [6, 6.07) is 0. The highest BCUT2D eigenvalue weighted by atomic mass is 16.4. The van der Waals surface area contributed by atoms with Crippen molar-refractivity contribution in [2.75, 3.05) is 0 Å². The molecule has 140 valence electrons. The lowest BCUT2D eigenvalue weighted by atomic mass is 9.38. The van der Waals surface area contributed by atoms with E-state index >= 15 is 0 Å². The minimum absolute atomic E-state index is 0.119. The molecule has 3 heteroatoms. The first-order chi connectivity index (χ1) is 12.4. The maximum atomic E-state index is 12.2. The Hall–Kier alpha value is -0.830. The molecule has 8 bridgehead atoms. The van der Waals surface area contributed by atoms with Gasteiger partial charge in [0, 0.05) is 0 Å². The van der Waals surface area contributed by atoms with Crippen molar-refractivity contribution >= 4 is 5.97 Å². The van der Waals surface area contributed by atoms with E-state index < -0.39 is 11.6 Å². The van der Waals surface area contributed by atoms with Crippen LogP contribution in [0.3, 0.4) is 0 Å². The summed E-state index contributed by atoms with van der Waals surface area (Å²) in [5.74, 6) is 3.85. The Morgan fingerprint density at radius 1 is 0.923 bits per heavy atom. The van der Waals surface area contributed by atoms with E-state index in [9.17, 15) is 15.0 Å². The van der Waals surface area contributed by atoms with Crippen LogP contribution in [0.5, 0.6) is 0 Å². The van der Waals surface area contributed by atoms with E-state index in [0.29, 0.717) is 35.5 Å². The molecule has 0 aliphatic heterocycles. The van der Waals surface area contributed by atoms with E-state index in [0.717, 1.165) is 38.0 Å². The van der Waals surface area contributed by atoms with Crippen LogP contribution in [0.4, 0.5) is 0 Å². The number of carbonyl (C=O) groups is 1. The number of hydrogen-bond acceptors (Lipinski definition) is 2. The highest BCUT2D eigenvalue weighted by Gasteiger charge is 2.76. The first kappa shape index (κ1) is 15.1. The minimum Gasteiger partial charge on any atom is -0.481 e. The van der Waals surface area contributed by atoms with Crippen LogP contribution in [0.15, 0.2) is 12.2 Å². The Morgan fingerprint density at radius 3 is 2.35 bits per heavy atom. The third-order valence-electron chi connectivity index (χ3n) is 10.8. The van der Waals surface area contributed by atoms with Crippen LogP contribution in [0, 0.1) is 58.2 Å². The smallest absolute Gasteiger partial charge is 0.306 e. The Bertz CT molecular complexity index is 726. The summed E-state index contributed by atoms with van der Waals surface area (Å²) >= 11 is 0. The first-order valence-corrected chi connectivity index (χ1v) is 11.1. The van der Waals surface area contributed by atoms with Gasteiger partial charge in [0.25, 0.3) is 0 Å². The predicted octanol–water partition coefficient (Wildman–Crippen LogP) is 3.87. The molecule has 7 fully saturated rings. The van der Waals surface area contributed by atoms with E-state index in [4.69, 9.17) is 0 Å². The van der Waals surface area contributed by atoms with Crippen molar-refractivity contribution in [3.8, 4) is 0 Å². The van der Waals surface area contributed by atoms with E-state index in [1.807, 2.05) is 0 Å². The lowest BCUT2D eigenvalue weighted by Gasteiger charge is -2.67. The van der Waals surface area contributed by atoms with Gasteiger partial charge in [0.1, 0.15) is 0 Å². The molecule has 0 aromatic carbocycles. The molecule has 0 radical (unpaired) electrons. The monoisotopic (exact) mass is 354 g/mol. The number of aliphatic carboxylic acids is 1. The molecule has 3 nitrogen and oxygen atoms in total. The van der Waals surface area contributed by atoms with Crippen LogP contribution in [0.2, 0.25) is 0 Å². The lowest BCUT2D eigenvalue weighted by Crippen LogP contribution is -2.62.